The Morgan fingerprint density at radius 1 is 0.500 bits per heavy atom. The molecule has 6 N–H and O–H groups in total. The minimum Gasteiger partial charge on any atom is -0.508 e. The van der Waals surface area contributed by atoms with Crippen molar-refractivity contribution in [2.24, 2.45) is 19.8 Å². The van der Waals surface area contributed by atoms with E-state index in [1.54, 1.807) is 113 Å². The zero-order chi connectivity index (χ0) is 71.7. The summed E-state index contributed by atoms with van der Waals surface area (Å²) in [5.41, 5.74) is 19.9. The van der Waals surface area contributed by atoms with Crippen molar-refractivity contribution in [1.29, 1.82) is 0 Å². The fourth-order valence-corrected chi connectivity index (χ4v) is 11.0. The standard InChI is InChI=1S/C27H35N7O2.C25H27F3N6O2.C21H21N5O3.CH4/c1-19(2)29-9-11-34(22-12-23(35-3)15-24(13-22)36-4)21-6-7-25-26(14-21)32-27(17-30-25)20-16-31-33(18-20)10-5-8-28;1-16(30-15-25(26,27)28)13-34(19-7-20(35-3)10-21(8-19)36-4)18-5-6-22-23(9-18)32-24(12-29-22)17-11-31-33(2)14-17;1-25-13-14(11-23-25)21-12-22-19-4-3-15(9-20(19)24-21)26(5-6-27)16-7-17(28)10-18(8-16)29-2;/h6-7,12-19,29H,5,8-11,28H2,1-4H3;5-12,14,16,30H,13,15H2,1-4H3;3-4,7-13,27-28H,5-6H2,1-2H3;1H4. The molecule has 6 heterocycles. The van der Waals surface area contributed by atoms with Crippen LogP contribution in [0.5, 0.6) is 34.5 Å². The van der Waals surface area contributed by atoms with Gasteiger partial charge in [0.15, 0.2) is 0 Å². The van der Waals surface area contributed by atoms with Gasteiger partial charge in [0.2, 0.25) is 0 Å². The lowest BCUT2D eigenvalue weighted by Crippen LogP contribution is -2.41. The van der Waals surface area contributed by atoms with Crippen molar-refractivity contribution >= 4 is 67.2 Å². The fourth-order valence-electron chi connectivity index (χ4n) is 11.0. The molecule has 6 aromatic heterocycles. The Morgan fingerprint density at radius 3 is 1.32 bits per heavy atom. The number of nitrogens with one attached hydrogen (secondary N) is 2. The van der Waals surface area contributed by atoms with Crippen LogP contribution in [0, 0.1) is 0 Å². The van der Waals surface area contributed by atoms with Gasteiger partial charge in [-0.2, -0.15) is 28.5 Å². The number of aliphatic hydroxyl groups excluding tert-OH is 1. The second kappa shape index (κ2) is 34.7. The molecule has 1 unspecified atom stereocenters. The van der Waals surface area contributed by atoms with Crippen LogP contribution in [0.3, 0.4) is 0 Å². The molecule has 28 heteroatoms. The van der Waals surface area contributed by atoms with Crippen LogP contribution in [-0.4, -0.2) is 169 Å². The molecule has 1 atom stereocenters. The minimum absolute atomic E-state index is 0. The van der Waals surface area contributed by atoms with Gasteiger partial charge >= 0.3 is 6.18 Å². The molecular weight excluding hydrogens is 1310 g/mol. The van der Waals surface area contributed by atoms with Crippen LogP contribution >= 0.6 is 0 Å². The number of aromatic nitrogens is 12. The van der Waals surface area contributed by atoms with E-state index in [1.165, 1.54) is 6.07 Å². The normalized spacial score (nSPS) is 11.5. The maximum Gasteiger partial charge on any atom is 0.401 e. The molecule has 0 aliphatic carbocycles. The number of nitrogens with two attached hydrogens (primary N) is 1. The number of nitrogens with zero attached hydrogens (tertiary/aromatic N) is 15. The first-order chi connectivity index (χ1) is 48.7. The van der Waals surface area contributed by atoms with Gasteiger partial charge in [0, 0.05) is 183 Å². The highest BCUT2D eigenvalue weighted by molar-refractivity contribution is 5.86. The average Bonchev–Trinajstić information content (AvgIpc) is 1.12. The van der Waals surface area contributed by atoms with Crippen LogP contribution in [0.15, 0.2) is 165 Å². The van der Waals surface area contributed by atoms with E-state index in [2.05, 4.69) is 71.8 Å². The molecular formula is C74H87F3N18O7. The van der Waals surface area contributed by atoms with Gasteiger partial charge in [0.05, 0.1) is 136 Å². The molecule has 102 heavy (non-hydrogen) atoms. The number of benzene rings is 6. The molecule has 6 aromatic carbocycles. The number of alkyl halides is 3. The van der Waals surface area contributed by atoms with E-state index in [0.29, 0.717) is 64.5 Å². The number of hydrogen-bond donors (Lipinski definition) is 5. The molecule has 0 radical (unpaired) electrons. The number of anilines is 6. The monoisotopic (exact) mass is 1400 g/mol. The van der Waals surface area contributed by atoms with Crippen molar-refractivity contribution in [3.63, 3.8) is 0 Å². The smallest absolute Gasteiger partial charge is 0.401 e. The lowest BCUT2D eigenvalue weighted by Gasteiger charge is -2.29. The number of phenolic OH excluding ortho intramolecular Hbond substituents is 1. The molecule has 0 bridgehead atoms. The third kappa shape index (κ3) is 19.6. The summed E-state index contributed by atoms with van der Waals surface area (Å²) in [5, 5.41) is 38.5. The first-order valence-electron chi connectivity index (χ1n) is 32.6. The van der Waals surface area contributed by atoms with Crippen molar-refractivity contribution in [3.05, 3.63) is 165 Å². The molecule has 25 nitrogen and oxygen atoms in total. The first kappa shape index (κ1) is 75.0. The van der Waals surface area contributed by atoms with Crippen molar-refractivity contribution in [3.8, 4) is 68.3 Å². The van der Waals surface area contributed by atoms with Gasteiger partial charge in [-0.3, -0.25) is 29.0 Å². The zero-order valence-corrected chi connectivity index (χ0v) is 58.0. The number of halogens is 3. The first-order valence-corrected chi connectivity index (χ1v) is 32.6. The quantitative estimate of drug-likeness (QED) is 0.0320. The van der Waals surface area contributed by atoms with Crippen LogP contribution in [-0.2, 0) is 20.6 Å². The van der Waals surface area contributed by atoms with Gasteiger partial charge in [-0.1, -0.05) is 21.3 Å². The van der Waals surface area contributed by atoms with Gasteiger partial charge in [-0.25, -0.2) is 15.0 Å². The molecule has 12 aromatic rings. The number of rotatable bonds is 27. The van der Waals surface area contributed by atoms with Crippen LogP contribution < -0.4 is 54.8 Å². The second-order valence-electron chi connectivity index (χ2n) is 23.9. The maximum atomic E-state index is 12.8. The molecule has 536 valence electrons. The predicted octanol–water partition coefficient (Wildman–Crippen LogP) is 12.2. The summed E-state index contributed by atoms with van der Waals surface area (Å²) in [4.78, 5) is 34.1. The fraction of sp³-hybridized carbons (Fsp3) is 0.311. The second-order valence-corrected chi connectivity index (χ2v) is 23.9. The Bertz CT molecular complexity index is 4680. The Hall–Kier alpha value is -11.2. The summed E-state index contributed by atoms with van der Waals surface area (Å²) in [6.45, 7) is 8.41. The van der Waals surface area contributed by atoms with Crippen molar-refractivity contribution in [2.75, 3.05) is 96.1 Å². The molecule has 0 saturated carbocycles. The van der Waals surface area contributed by atoms with E-state index in [9.17, 15) is 23.4 Å². The highest BCUT2D eigenvalue weighted by atomic mass is 19.4. The molecule has 0 saturated heterocycles. The average molecular weight is 1400 g/mol. The lowest BCUT2D eigenvalue weighted by atomic mass is 10.1. The third-order valence-corrected chi connectivity index (χ3v) is 16.1. The largest absolute Gasteiger partial charge is 0.508 e. The summed E-state index contributed by atoms with van der Waals surface area (Å²) in [6, 6.07) is 33.5. The lowest BCUT2D eigenvalue weighted by molar-refractivity contribution is -0.125. The molecule has 0 spiro atoms. The number of aryl methyl sites for hydroxylation is 3. The van der Waals surface area contributed by atoms with Gasteiger partial charge < -0.3 is 65.0 Å². The zero-order valence-electron chi connectivity index (χ0n) is 58.0. The van der Waals surface area contributed by atoms with E-state index < -0.39 is 18.8 Å². The number of aromatic hydroxyl groups is 1. The van der Waals surface area contributed by atoms with Gasteiger partial charge in [-0.05, 0) is 74.5 Å². The number of methoxy groups -OCH3 is 5. The van der Waals surface area contributed by atoms with Gasteiger partial charge in [-0.15, -0.1) is 0 Å². The minimum atomic E-state index is -4.31. The molecule has 0 fully saturated rings. The van der Waals surface area contributed by atoms with E-state index >= 15 is 0 Å². The summed E-state index contributed by atoms with van der Waals surface area (Å²) >= 11 is 0. The Kier molecular flexibility index (Phi) is 25.5. The van der Waals surface area contributed by atoms with E-state index in [0.717, 1.165) is 110 Å². The molecule has 0 aliphatic heterocycles. The number of fused-ring (bicyclic) bond motifs is 3. The van der Waals surface area contributed by atoms with Crippen molar-refractivity contribution in [1.82, 2.24) is 69.9 Å². The van der Waals surface area contributed by atoms with Crippen molar-refractivity contribution < 1.29 is 47.1 Å². The highest BCUT2D eigenvalue weighted by Gasteiger charge is 2.28. The van der Waals surface area contributed by atoms with Crippen LogP contribution in [0.2, 0.25) is 0 Å². The SMILES string of the molecule is C.COc1cc(O)cc(N(CCO)c2ccc3ncc(-c4cnn(C)c4)nc3c2)c1.COc1cc(OC)cc(N(CC(C)NCC(F)(F)F)c2ccc3ncc(-c4cnn(C)c4)nc3c2)c1.COc1cc(OC)cc(N(CCNC(C)C)c2ccc3ncc(-c4cnn(CCCN)c4)nc3c2)c1. The predicted molar refractivity (Wildman–Crippen MR) is 393 cm³/mol. The number of phenols is 1. The molecule has 0 amide bonds. The Labute approximate surface area is 590 Å². The Balaban J connectivity index is 0.000000178. The Morgan fingerprint density at radius 2 is 0.912 bits per heavy atom. The summed E-state index contributed by atoms with van der Waals surface area (Å²) in [5.74, 6) is 3.21. The summed E-state index contributed by atoms with van der Waals surface area (Å²) in [7, 11) is 11.6. The third-order valence-electron chi connectivity index (χ3n) is 16.1. The number of hydrogen-bond acceptors (Lipinski definition) is 22. The van der Waals surface area contributed by atoms with Crippen LogP contribution in [0.25, 0.3) is 66.9 Å². The summed E-state index contributed by atoms with van der Waals surface area (Å²) in [6.07, 6.45) is 12.8. The maximum absolute atomic E-state index is 12.8. The molecule has 12 rings (SSSR count). The van der Waals surface area contributed by atoms with Crippen LogP contribution in [0.4, 0.5) is 47.3 Å². The highest BCUT2D eigenvalue weighted by Crippen LogP contribution is 2.38. The topological polar surface area (TPSA) is 277 Å². The van der Waals surface area contributed by atoms with Gasteiger partial charge in [0.1, 0.15) is 34.5 Å². The van der Waals surface area contributed by atoms with Gasteiger partial charge in [0.25, 0.3) is 0 Å². The van der Waals surface area contributed by atoms with Crippen molar-refractivity contribution in [2.45, 2.75) is 59.4 Å². The summed E-state index contributed by atoms with van der Waals surface area (Å²) < 4.78 is 70.9. The molecule has 0 aliphatic rings. The van der Waals surface area contributed by atoms with E-state index in [-0.39, 0.29) is 26.3 Å². The number of ether oxygens (including phenoxy) is 5. The van der Waals surface area contributed by atoms with E-state index in [4.69, 9.17) is 44.4 Å². The van der Waals surface area contributed by atoms with E-state index in [1.807, 2.05) is 114 Å². The number of aliphatic hydroxyl groups is 1. The van der Waals surface area contributed by atoms with Crippen LogP contribution in [0.1, 0.15) is 34.6 Å².